The van der Waals surface area contributed by atoms with Gasteiger partial charge >= 0.3 is 0 Å². The van der Waals surface area contributed by atoms with Gasteiger partial charge in [-0.05, 0) is 5.92 Å². The summed E-state index contributed by atoms with van der Waals surface area (Å²) in [5.41, 5.74) is 0. The number of unbranched alkanes of at least 4 members (excludes halogenated alkanes) is 1. The van der Waals surface area contributed by atoms with Crippen molar-refractivity contribution in [1.82, 2.24) is 0 Å². The van der Waals surface area contributed by atoms with Crippen molar-refractivity contribution in [3.8, 4) is 0 Å². The van der Waals surface area contributed by atoms with Crippen LogP contribution in [0.1, 0.15) is 73.1 Å². The minimum Gasteiger partial charge on any atom is -0.0683 e. The predicted molar refractivity (Wildman–Crippen MR) is 59.6 cm³/mol. The molecule has 1 aliphatic rings. The van der Waals surface area contributed by atoms with E-state index in [1.54, 1.807) is 0 Å². The number of hydrogen-bond acceptors (Lipinski definition) is 0. The van der Waals surface area contributed by atoms with Gasteiger partial charge in [0.25, 0.3) is 0 Å². The fourth-order valence-corrected chi connectivity index (χ4v) is 0.899. The first-order valence-electron chi connectivity index (χ1n) is 5.85. The molecule has 0 nitrogen and oxygen atoms in total. The lowest BCUT2D eigenvalue weighted by Crippen LogP contribution is -1.72. The second-order valence-electron chi connectivity index (χ2n) is 3.29. The molecule has 76 valence electrons. The molecule has 0 radical (unpaired) electrons. The fourth-order valence-electron chi connectivity index (χ4n) is 0.899. The molecule has 0 saturated heterocycles. The smallest absolute Gasteiger partial charge is 0.0414 e. The molecule has 1 rings (SSSR count). The molecule has 0 N–H and O–H groups in total. The Hall–Kier alpha value is 0. The zero-order valence-electron chi connectivity index (χ0n) is 9.82. The maximum absolute atomic E-state index is 2.27. The van der Waals surface area contributed by atoms with Gasteiger partial charge in [0.15, 0.2) is 0 Å². The molecular formula is C12H28. The summed E-state index contributed by atoms with van der Waals surface area (Å²) in [6.07, 6.45) is 8.66. The minimum atomic E-state index is 1.15. The van der Waals surface area contributed by atoms with Gasteiger partial charge in [-0.1, -0.05) is 73.1 Å². The Morgan fingerprint density at radius 2 is 1.42 bits per heavy atom. The van der Waals surface area contributed by atoms with Gasteiger partial charge in [-0.3, -0.25) is 0 Å². The van der Waals surface area contributed by atoms with Gasteiger partial charge in [0, 0.05) is 0 Å². The summed E-state index contributed by atoms with van der Waals surface area (Å²) in [6, 6.07) is 0. The molecule has 12 heavy (non-hydrogen) atoms. The molecular weight excluding hydrogens is 144 g/mol. The van der Waals surface area contributed by atoms with E-state index < -0.39 is 0 Å². The Bertz CT molecular complexity index is 53.1. The molecule has 0 bridgehead atoms. The average Bonchev–Trinajstić information content (AvgIpc) is 2.89. The third-order valence-electron chi connectivity index (χ3n) is 1.66. The van der Waals surface area contributed by atoms with Crippen LogP contribution in [0.3, 0.4) is 0 Å². The highest BCUT2D eigenvalue weighted by atomic mass is 14.2. The third-order valence-corrected chi connectivity index (χ3v) is 1.66. The largest absolute Gasteiger partial charge is 0.0683 e. The molecule has 1 saturated carbocycles. The standard InChI is InChI=1S/C7H14.C3H8.C2H6/c1-2-3-4-7-5-6-7;1-3-2;1-2/h7H,2-6H2,1H3;3H2,1-2H3;1-2H3. The third kappa shape index (κ3) is 16.5. The molecule has 1 fully saturated rings. The molecule has 0 aromatic carbocycles. The van der Waals surface area contributed by atoms with E-state index in [1.165, 1.54) is 38.5 Å². The summed E-state index contributed by atoms with van der Waals surface area (Å²) in [5.74, 6) is 1.15. The van der Waals surface area contributed by atoms with Gasteiger partial charge in [0.05, 0.1) is 0 Å². The summed E-state index contributed by atoms with van der Waals surface area (Å²) in [7, 11) is 0. The van der Waals surface area contributed by atoms with Crippen molar-refractivity contribution in [2.75, 3.05) is 0 Å². The van der Waals surface area contributed by atoms with Crippen LogP contribution < -0.4 is 0 Å². The van der Waals surface area contributed by atoms with Crippen LogP contribution >= 0.6 is 0 Å². The predicted octanol–water partition coefficient (Wildman–Crippen LogP) is 5.03. The van der Waals surface area contributed by atoms with E-state index in [0.29, 0.717) is 0 Å². The van der Waals surface area contributed by atoms with Crippen molar-refractivity contribution in [3.63, 3.8) is 0 Å². The zero-order valence-corrected chi connectivity index (χ0v) is 9.82. The fraction of sp³-hybridized carbons (Fsp3) is 1.00. The van der Waals surface area contributed by atoms with E-state index in [1.807, 2.05) is 13.8 Å². The van der Waals surface area contributed by atoms with E-state index in [-0.39, 0.29) is 0 Å². The molecule has 0 spiro atoms. The topological polar surface area (TPSA) is 0 Å². The van der Waals surface area contributed by atoms with Crippen LogP contribution in [0.15, 0.2) is 0 Å². The lowest BCUT2D eigenvalue weighted by molar-refractivity contribution is 0.654. The number of hydrogen-bond donors (Lipinski definition) is 0. The van der Waals surface area contributed by atoms with Crippen molar-refractivity contribution in [2.24, 2.45) is 5.92 Å². The van der Waals surface area contributed by atoms with Gasteiger partial charge in [-0.15, -0.1) is 0 Å². The quantitative estimate of drug-likeness (QED) is 0.560. The van der Waals surface area contributed by atoms with E-state index in [0.717, 1.165) is 5.92 Å². The SMILES string of the molecule is CC.CCC.CCCCC1CC1. The van der Waals surface area contributed by atoms with Crippen LogP contribution in [0.5, 0.6) is 0 Å². The average molecular weight is 172 g/mol. The Labute approximate surface area is 79.8 Å². The Balaban J connectivity index is 0. The van der Waals surface area contributed by atoms with E-state index in [4.69, 9.17) is 0 Å². The second kappa shape index (κ2) is 13.6. The first-order chi connectivity index (χ1) is 5.85. The van der Waals surface area contributed by atoms with Gasteiger partial charge in [-0.2, -0.15) is 0 Å². The molecule has 0 heterocycles. The van der Waals surface area contributed by atoms with Crippen LogP contribution in [0.4, 0.5) is 0 Å². The van der Waals surface area contributed by atoms with Gasteiger partial charge in [-0.25, -0.2) is 0 Å². The maximum Gasteiger partial charge on any atom is -0.0414 e. The van der Waals surface area contributed by atoms with E-state index in [2.05, 4.69) is 20.8 Å². The monoisotopic (exact) mass is 172 g/mol. The second-order valence-corrected chi connectivity index (χ2v) is 3.29. The lowest BCUT2D eigenvalue weighted by Gasteiger charge is -1.88. The molecule has 0 atom stereocenters. The lowest BCUT2D eigenvalue weighted by atomic mass is 10.2. The summed E-state index contributed by atoms with van der Waals surface area (Å²) in [4.78, 5) is 0. The van der Waals surface area contributed by atoms with Crippen LogP contribution in [0.2, 0.25) is 0 Å². The molecule has 0 unspecified atom stereocenters. The molecule has 0 heteroatoms. The van der Waals surface area contributed by atoms with Crippen molar-refractivity contribution < 1.29 is 0 Å². The first-order valence-corrected chi connectivity index (χ1v) is 5.85. The zero-order chi connectivity index (χ0) is 9.82. The van der Waals surface area contributed by atoms with Crippen LogP contribution in [0.25, 0.3) is 0 Å². The van der Waals surface area contributed by atoms with Gasteiger partial charge in [0.1, 0.15) is 0 Å². The highest BCUT2D eigenvalue weighted by Gasteiger charge is 2.19. The summed E-state index contributed by atoms with van der Waals surface area (Å²) >= 11 is 0. The highest BCUT2D eigenvalue weighted by molar-refractivity contribution is 4.71. The summed E-state index contributed by atoms with van der Waals surface area (Å²) in [6.45, 7) is 10.5. The Morgan fingerprint density at radius 1 is 1.00 bits per heavy atom. The van der Waals surface area contributed by atoms with Crippen LogP contribution in [-0.2, 0) is 0 Å². The normalized spacial score (nSPS) is 13.8. The highest BCUT2D eigenvalue weighted by Crippen LogP contribution is 2.33. The Kier molecular flexibility index (Phi) is 16.4. The van der Waals surface area contributed by atoms with Gasteiger partial charge < -0.3 is 0 Å². The molecule has 0 aromatic heterocycles. The maximum atomic E-state index is 2.27. The van der Waals surface area contributed by atoms with Crippen LogP contribution in [-0.4, -0.2) is 0 Å². The summed E-state index contributed by atoms with van der Waals surface area (Å²) < 4.78 is 0. The Morgan fingerprint density at radius 3 is 1.67 bits per heavy atom. The molecule has 1 aliphatic carbocycles. The molecule has 0 aliphatic heterocycles. The van der Waals surface area contributed by atoms with Crippen molar-refractivity contribution >= 4 is 0 Å². The van der Waals surface area contributed by atoms with E-state index in [9.17, 15) is 0 Å². The van der Waals surface area contributed by atoms with Crippen molar-refractivity contribution in [1.29, 1.82) is 0 Å². The summed E-state index contributed by atoms with van der Waals surface area (Å²) in [5, 5.41) is 0. The first kappa shape index (κ1) is 14.5. The van der Waals surface area contributed by atoms with Crippen molar-refractivity contribution in [2.45, 2.75) is 73.1 Å². The minimum absolute atomic E-state index is 1.15. The molecule has 0 amide bonds. The number of rotatable bonds is 3. The van der Waals surface area contributed by atoms with Crippen LogP contribution in [0, 0.1) is 5.92 Å². The van der Waals surface area contributed by atoms with Crippen molar-refractivity contribution in [3.05, 3.63) is 0 Å². The van der Waals surface area contributed by atoms with E-state index >= 15 is 0 Å². The molecule has 0 aromatic rings. The van der Waals surface area contributed by atoms with Gasteiger partial charge in [0.2, 0.25) is 0 Å².